The van der Waals surface area contributed by atoms with Gasteiger partial charge in [-0.15, -0.1) is 0 Å². The van der Waals surface area contributed by atoms with Gasteiger partial charge in [0.1, 0.15) is 12.4 Å². The molecule has 12 heteroatoms. The number of methoxy groups -OCH3 is 1. The quantitative estimate of drug-likeness (QED) is 0.585. The van der Waals surface area contributed by atoms with E-state index in [9.17, 15) is 17.6 Å². The van der Waals surface area contributed by atoms with E-state index in [2.05, 4.69) is 9.97 Å². The number of ether oxygens (including phenoxy) is 4. The van der Waals surface area contributed by atoms with Gasteiger partial charge in [0.25, 0.3) is 11.8 Å². The molecule has 1 aromatic carbocycles. The van der Waals surface area contributed by atoms with Gasteiger partial charge >= 0.3 is 6.09 Å². The number of benzene rings is 1. The Morgan fingerprint density at radius 3 is 2.42 bits per heavy atom. The molecule has 1 aromatic heterocycles. The maximum absolute atomic E-state index is 14.4. The molecule has 1 aliphatic rings. The summed E-state index contributed by atoms with van der Waals surface area (Å²) in [6.07, 6.45) is 2.49. The van der Waals surface area contributed by atoms with Crippen molar-refractivity contribution in [2.75, 3.05) is 26.5 Å². The van der Waals surface area contributed by atoms with Crippen molar-refractivity contribution in [2.45, 2.75) is 43.8 Å². The lowest BCUT2D eigenvalue weighted by atomic mass is 10.1. The number of rotatable bonds is 7. The minimum Gasteiger partial charge on any atom is -0.487 e. The van der Waals surface area contributed by atoms with E-state index in [1.54, 1.807) is 18.7 Å². The molecule has 0 unspecified atom stereocenters. The summed E-state index contributed by atoms with van der Waals surface area (Å²) in [5, 5.41) is 0. The predicted molar refractivity (Wildman–Crippen MR) is 115 cm³/mol. The third kappa shape index (κ3) is 6.21. The number of nitrogens with zero attached hydrogens (tertiary/aromatic N) is 3. The molecule has 0 saturated carbocycles. The number of likely N-dealkylation sites (tertiary alicyclic amines) is 1. The summed E-state index contributed by atoms with van der Waals surface area (Å²) in [6.45, 7) is 4.51. The highest BCUT2D eigenvalue weighted by Crippen LogP contribution is 2.37. The molecule has 1 saturated heterocycles. The number of carbonyl (C=O) groups is 1. The molecule has 2 heterocycles. The zero-order chi connectivity index (χ0) is 24.2. The van der Waals surface area contributed by atoms with E-state index in [1.807, 2.05) is 0 Å². The fraction of sp³-hybridized carbons (Fsp3) is 0.476. The highest BCUT2D eigenvalue weighted by molar-refractivity contribution is 7.90. The van der Waals surface area contributed by atoms with Gasteiger partial charge in [-0.05, 0) is 32.0 Å². The van der Waals surface area contributed by atoms with Crippen LogP contribution in [0.15, 0.2) is 29.4 Å². The zero-order valence-electron chi connectivity index (χ0n) is 18.8. The molecule has 3 rings (SSSR count). The molecule has 0 aliphatic carbocycles. The first kappa shape index (κ1) is 24.5. The summed E-state index contributed by atoms with van der Waals surface area (Å²) in [5.74, 6) is -1.03. The Labute approximate surface area is 191 Å². The van der Waals surface area contributed by atoms with Gasteiger partial charge in [0.05, 0.1) is 18.1 Å². The number of amides is 1. The number of sulfone groups is 1. The van der Waals surface area contributed by atoms with Crippen LogP contribution in [-0.2, 0) is 14.6 Å². The Morgan fingerprint density at radius 2 is 1.85 bits per heavy atom. The van der Waals surface area contributed by atoms with E-state index in [-0.39, 0.29) is 46.5 Å². The fourth-order valence-corrected chi connectivity index (χ4v) is 3.80. The van der Waals surface area contributed by atoms with Gasteiger partial charge in [0, 0.05) is 32.2 Å². The first-order valence-electron chi connectivity index (χ1n) is 10.3. The summed E-state index contributed by atoms with van der Waals surface area (Å²) in [7, 11) is -2.20. The van der Waals surface area contributed by atoms with Crippen molar-refractivity contribution in [3.05, 3.63) is 30.3 Å². The van der Waals surface area contributed by atoms with Gasteiger partial charge in [-0.25, -0.2) is 17.6 Å². The lowest BCUT2D eigenvalue weighted by Gasteiger charge is -2.31. The molecular weight excluding hydrogens is 457 g/mol. The van der Waals surface area contributed by atoms with E-state index >= 15 is 0 Å². The molecular formula is C21H26FN3O7S. The van der Waals surface area contributed by atoms with E-state index < -0.39 is 15.7 Å². The van der Waals surface area contributed by atoms with Crippen LogP contribution in [0, 0.1) is 5.82 Å². The van der Waals surface area contributed by atoms with Crippen molar-refractivity contribution in [1.29, 1.82) is 0 Å². The second-order valence-electron chi connectivity index (χ2n) is 7.72. The normalized spacial score (nSPS) is 14.8. The van der Waals surface area contributed by atoms with Crippen LogP contribution in [0.2, 0.25) is 0 Å². The number of halogens is 1. The first-order valence-corrected chi connectivity index (χ1v) is 12.2. The summed E-state index contributed by atoms with van der Waals surface area (Å²) in [5.41, 5.74) is 0. The van der Waals surface area contributed by atoms with Crippen molar-refractivity contribution in [2.24, 2.45) is 0 Å². The monoisotopic (exact) mass is 483 g/mol. The number of hydrogen-bond acceptors (Lipinski definition) is 9. The highest BCUT2D eigenvalue weighted by atomic mass is 32.2. The second kappa shape index (κ2) is 10.2. The van der Waals surface area contributed by atoms with Crippen LogP contribution in [0.25, 0.3) is 0 Å². The van der Waals surface area contributed by atoms with Crippen LogP contribution >= 0.6 is 0 Å². The molecule has 0 bridgehead atoms. The lowest BCUT2D eigenvalue weighted by Crippen LogP contribution is -2.42. The maximum Gasteiger partial charge on any atom is 0.410 e. The molecule has 1 aliphatic heterocycles. The summed E-state index contributed by atoms with van der Waals surface area (Å²) < 4.78 is 59.6. The standard InChI is InChI=1S/C21H26FN3O7S/c1-13(2)30-21(26)25-9-7-14(8-10-25)31-19-18(29-3)20(24-12-23-19)32-17-6-5-15(11-16(17)22)33(4,27)28/h5-6,11-14H,7-10H2,1-4H3. The number of aromatic nitrogens is 2. The molecule has 180 valence electrons. The summed E-state index contributed by atoms with van der Waals surface area (Å²) >= 11 is 0. The Bertz CT molecular complexity index is 1100. The second-order valence-corrected chi connectivity index (χ2v) is 9.74. The Kier molecular flexibility index (Phi) is 7.57. The SMILES string of the molecule is COc1c(Oc2ccc(S(C)(=O)=O)cc2F)ncnc1OC1CCN(C(=O)OC(C)C)CC1. The topological polar surface area (TPSA) is 117 Å². The Morgan fingerprint density at radius 1 is 1.18 bits per heavy atom. The number of carbonyl (C=O) groups excluding carboxylic acids is 1. The third-order valence-corrected chi connectivity index (χ3v) is 5.91. The van der Waals surface area contributed by atoms with Gasteiger partial charge in [0.15, 0.2) is 21.4 Å². The number of hydrogen-bond donors (Lipinski definition) is 0. The Hall–Kier alpha value is -3.15. The molecule has 0 spiro atoms. The van der Waals surface area contributed by atoms with Crippen molar-refractivity contribution in [3.63, 3.8) is 0 Å². The third-order valence-electron chi connectivity index (χ3n) is 4.80. The van der Waals surface area contributed by atoms with Crippen LogP contribution in [0.1, 0.15) is 26.7 Å². The molecule has 1 amide bonds. The van der Waals surface area contributed by atoms with Crippen LogP contribution in [-0.4, -0.2) is 68.0 Å². The maximum atomic E-state index is 14.4. The van der Waals surface area contributed by atoms with E-state index in [0.717, 1.165) is 12.3 Å². The van der Waals surface area contributed by atoms with Gasteiger partial charge in [-0.1, -0.05) is 0 Å². The van der Waals surface area contributed by atoms with Gasteiger partial charge in [-0.2, -0.15) is 9.97 Å². The molecule has 1 fully saturated rings. The minimum atomic E-state index is -3.56. The highest BCUT2D eigenvalue weighted by Gasteiger charge is 2.27. The van der Waals surface area contributed by atoms with E-state index in [1.165, 1.54) is 25.6 Å². The van der Waals surface area contributed by atoms with Gasteiger partial charge in [-0.3, -0.25) is 0 Å². The summed E-state index contributed by atoms with van der Waals surface area (Å²) in [4.78, 5) is 21.6. The fourth-order valence-electron chi connectivity index (χ4n) is 3.16. The largest absolute Gasteiger partial charge is 0.487 e. The van der Waals surface area contributed by atoms with Crippen molar-refractivity contribution >= 4 is 15.9 Å². The first-order chi connectivity index (χ1) is 15.6. The minimum absolute atomic E-state index is 0.0609. The van der Waals surface area contributed by atoms with Crippen molar-refractivity contribution in [1.82, 2.24) is 14.9 Å². The van der Waals surface area contributed by atoms with E-state index in [0.29, 0.717) is 25.9 Å². The van der Waals surface area contributed by atoms with E-state index in [4.69, 9.17) is 18.9 Å². The van der Waals surface area contributed by atoms with Crippen molar-refractivity contribution in [3.8, 4) is 23.3 Å². The molecule has 33 heavy (non-hydrogen) atoms. The van der Waals surface area contributed by atoms with Gasteiger partial charge in [0.2, 0.25) is 5.75 Å². The zero-order valence-corrected chi connectivity index (χ0v) is 19.6. The number of piperidine rings is 1. The molecule has 0 radical (unpaired) electrons. The van der Waals surface area contributed by atoms with Gasteiger partial charge < -0.3 is 23.8 Å². The smallest absolute Gasteiger partial charge is 0.410 e. The van der Waals surface area contributed by atoms with Crippen molar-refractivity contribution < 1.29 is 36.6 Å². The van der Waals surface area contributed by atoms with Crippen LogP contribution < -0.4 is 14.2 Å². The van der Waals surface area contributed by atoms with Crippen LogP contribution in [0.3, 0.4) is 0 Å². The molecule has 0 N–H and O–H groups in total. The summed E-state index contributed by atoms with van der Waals surface area (Å²) in [6, 6.07) is 3.30. The lowest BCUT2D eigenvalue weighted by molar-refractivity contribution is 0.0499. The van der Waals surface area contributed by atoms with Crippen LogP contribution in [0.4, 0.5) is 9.18 Å². The average molecular weight is 484 g/mol. The molecule has 0 atom stereocenters. The van der Waals surface area contributed by atoms with Crippen LogP contribution in [0.5, 0.6) is 23.3 Å². The average Bonchev–Trinajstić information content (AvgIpc) is 2.74. The molecule has 2 aromatic rings. The Balaban J connectivity index is 1.71. The predicted octanol–water partition coefficient (Wildman–Crippen LogP) is 3.21. The molecule has 10 nitrogen and oxygen atoms in total.